The van der Waals surface area contributed by atoms with Crippen LogP contribution in [0.25, 0.3) is 0 Å². The topological polar surface area (TPSA) is 59.1 Å². The lowest BCUT2D eigenvalue weighted by Gasteiger charge is -2.21. The highest BCUT2D eigenvalue weighted by atomic mass is 16.7. The number of allylic oxidation sites excluding steroid dienone is 1. The average Bonchev–Trinajstić information content (AvgIpc) is 2.95. The second kappa shape index (κ2) is 4.07. The van der Waals surface area contributed by atoms with Crippen LogP contribution in [0.2, 0.25) is 0 Å². The van der Waals surface area contributed by atoms with Crippen LogP contribution in [0.5, 0.6) is 0 Å². The number of ether oxygens (including phenoxy) is 2. The Labute approximate surface area is 107 Å². The van der Waals surface area contributed by atoms with E-state index in [9.17, 15) is 9.90 Å². The van der Waals surface area contributed by atoms with Crippen LogP contribution in [0.15, 0.2) is 12.2 Å². The molecular weight excluding hydrogens is 232 g/mol. The summed E-state index contributed by atoms with van der Waals surface area (Å²) in [7, 11) is 0. The number of aliphatic hydroxyl groups excluding tert-OH is 1. The molecule has 1 aliphatic carbocycles. The second-order valence-electron chi connectivity index (χ2n) is 5.88. The molecule has 0 bridgehead atoms. The third-order valence-electron chi connectivity index (χ3n) is 4.73. The molecule has 3 rings (SSSR count). The third kappa shape index (κ3) is 1.70. The minimum Gasteiger partial charge on any atom is -0.459 e. The zero-order valence-corrected chi connectivity index (χ0v) is 10.8. The molecule has 3 aliphatic rings. The van der Waals surface area contributed by atoms with Gasteiger partial charge in [-0.25, -0.2) is 0 Å². The van der Waals surface area contributed by atoms with E-state index in [1.54, 1.807) is 0 Å². The van der Waals surface area contributed by atoms with Crippen LogP contribution in [-0.4, -0.2) is 35.0 Å². The Morgan fingerprint density at radius 2 is 2.22 bits per heavy atom. The van der Waals surface area contributed by atoms with Crippen molar-refractivity contribution in [3.8, 4) is 0 Å². The molecule has 2 aliphatic heterocycles. The van der Waals surface area contributed by atoms with Crippen molar-refractivity contribution in [3.63, 3.8) is 0 Å². The Bertz CT molecular complexity index is 391. The van der Waals surface area contributed by atoms with Gasteiger partial charge in [0.05, 0.1) is 12.0 Å². The van der Waals surface area contributed by atoms with E-state index < -0.39 is 11.7 Å². The van der Waals surface area contributed by atoms with Gasteiger partial charge in [-0.3, -0.25) is 4.79 Å². The average molecular weight is 252 g/mol. The van der Waals surface area contributed by atoms with Crippen LogP contribution in [0.3, 0.4) is 0 Å². The maximum atomic E-state index is 11.7. The summed E-state index contributed by atoms with van der Waals surface area (Å²) in [5, 5.41) is 10.1. The van der Waals surface area contributed by atoms with Crippen molar-refractivity contribution in [1.29, 1.82) is 0 Å². The number of fused-ring (bicyclic) bond motifs is 3. The second-order valence-corrected chi connectivity index (χ2v) is 5.88. The molecule has 18 heavy (non-hydrogen) atoms. The molecule has 4 nitrogen and oxygen atoms in total. The number of carbonyl (C=O) groups is 1. The highest BCUT2D eigenvalue weighted by molar-refractivity contribution is 5.75. The van der Waals surface area contributed by atoms with Gasteiger partial charge in [-0.2, -0.15) is 0 Å². The van der Waals surface area contributed by atoms with Crippen molar-refractivity contribution < 1.29 is 19.4 Å². The number of aliphatic hydroxyl groups is 1. The summed E-state index contributed by atoms with van der Waals surface area (Å²) in [6, 6.07) is 0. The lowest BCUT2D eigenvalue weighted by atomic mass is 9.82. The van der Waals surface area contributed by atoms with Crippen molar-refractivity contribution >= 4 is 5.97 Å². The summed E-state index contributed by atoms with van der Waals surface area (Å²) >= 11 is 0. The number of esters is 1. The first-order valence-corrected chi connectivity index (χ1v) is 6.75. The predicted molar refractivity (Wildman–Crippen MR) is 64.8 cm³/mol. The molecule has 4 heteroatoms. The van der Waals surface area contributed by atoms with Gasteiger partial charge in [0.25, 0.3) is 0 Å². The molecule has 2 fully saturated rings. The first-order valence-electron chi connectivity index (χ1n) is 6.75. The Morgan fingerprint density at radius 1 is 1.44 bits per heavy atom. The lowest BCUT2D eigenvalue weighted by molar-refractivity contribution is -0.144. The Hall–Kier alpha value is -0.870. The summed E-state index contributed by atoms with van der Waals surface area (Å²) in [6.07, 6.45) is 5.73. The third-order valence-corrected chi connectivity index (χ3v) is 4.73. The molecule has 0 aromatic rings. The van der Waals surface area contributed by atoms with Crippen LogP contribution in [-0.2, 0) is 14.3 Å². The molecule has 0 aromatic heterocycles. The van der Waals surface area contributed by atoms with E-state index in [2.05, 4.69) is 6.08 Å². The first kappa shape index (κ1) is 12.2. The molecule has 6 atom stereocenters. The SMILES string of the molecule is C[C@H]1C(=O)O[C@H]2[C@H]1CC/C=C/C[C@H](O)[C@@]1(C)O[C@H]21. The fraction of sp³-hybridized carbons (Fsp3) is 0.786. The van der Waals surface area contributed by atoms with Gasteiger partial charge in [0, 0.05) is 5.92 Å². The van der Waals surface area contributed by atoms with Gasteiger partial charge in [-0.1, -0.05) is 19.1 Å². The fourth-order valence-corrected chi connectivity index (χ4v) is 3.26. The quantitative estimate of drug-likeness (QED) is 0.402. The van der Waals surface area contributed by atoms with Gasteiger partial charge in [0.1, 0.15) is 17.8 Å². The Kier molecular flexibility index (Phi) is 2.75. The van der Waals surface area contributed by atoms with Crippen LogP contribution in [0.1, 0.15) is 33.1 Å². The number of rotatable bonds is 0. The van der Waals surface area contributed by atoms with Crippen LogP contribution >= 0.6 is 0 Å². The minimum atomic E-state index is -0.547. The number of carbonyl (C=O) groups excluding carboxylic acids is 1. The smallest absolute Gasteiger partial charge is 0.309 e. The molecule has 0 spiro atoms. The predicted octanol–water partition coefficient (Wildman–Crippen LogP) is 1.42. The normalized spacial score (nSPS) is 53.1. The highest BCUT2D eigenvalue weighted by Gasteiger charge is 2.65. The number of epoxide rings is 1. The van der Waals surface area contributed by atoms with E-state index >= 15 is 0 Å². The van der Waals surface area contributed by atoms with E-state index in [4.69, 9.17) is 9.47 Å². The Morgan fingerprint density at radius 3 is 3.00 bits per heavy atom. The van der Waals surface area contributed by atoms with Gasteiger partial charge >= 0.3 is 5.97 Å². The van der Waals surface area contributed by atoms with E-state index in [1.807, 2.05) is 19.9 Å². The van der Waals surface area contributed by atoms with Crippen LogP contribution < -0.4 is 0 Å². The van der Waals surface area contributed by atoms with Crippen LogP contribution in [0, 0.1) is 11.8 Å². The first-order chi connectivity index (χ1) is 8.54. The van der Waals surface area contributed by atoms with Gasteiger partial charge in [0.15, 0.2) is 0 Å². The lowest BCUT2D eigenvalue weighted by Crippen LogP contribution is -2.36. The zero-order valence-electron chi connectivity index (χ0n) is 10.8. The maximum absolute atomic E-state index is 11.7. The Balaban J connectivity index is 1.87. The summed E-state index contributed by atoms with van der Waals surface area (Å²) in [5.74, 6) is 0.0215. The fourth-order valence-electron chi connectivity index (χ4n) is 3.26. The number of hydrogen-bond donors (Lipinski definition) is 1. The van der Waals surface area contributed by atoms with E-state index in [0.29, 0.717) is 6.42 Å². The van der Waals surface area contributed by atoms with Gasteiger partial charge in [-0.15, -0.1) is 0 Å². The van der Waals surface area contributed by atoms with Crippen molar-refractivity contribution in [3.05, 3.63) is 12.2 Å². The summed E-state index contributed by atoms with van der Waals surface area (Å²) in [5.41, 5.74) is -0.547. The molecule has 0 unspecified atom stereocenters. The molecule has 2 saturated heterocycles. The molecule has 0 amide bonds. The molecule has 0 aromatic carbocycles. The molecule has 0 radical (unpaired) electrons. The molecule has 1 N–H and O–H groups in total. The monoisotopic (exact) mass is 252 g/mol. The van der Waals surface area contributed by atoms with Gasteiger partial charge in [-0.05, 0) is 26.2 Å². The summed E-state index contributed by atoms with van der Waals surface area (Å²) < 4.78 is 11.2. The minimum absolute atomic E-state index is 0.0616. The van der Waals surface area contributed by atoms with Crippen molar-refractivity contribution in [2.45, 2.75) is 57.0 Å². The molecule has 100 valence electrons. The van der Waals surface area contributed by atoms with E-state index in [-0.39, 0.29) is 30.0 Å². The maximum Gasteiger partial charge on any atom is 0.309 e. The number of hydrogen-bond acceptors (Lipinski definition) is 4. The van der Waals surface area contributed by atoms with Gasteiger partial charge in [0.2, 0.25) is 0 Å². The standard InChI is InChI=1S/C14H20O4/c1-8-9-6-4-3-5-7-10(15)14(2)12(18-14)11(9)17-13(8)16/h3,5,8-12,15H,4,6-7H2,1-2H3/b5-3+/t8-,9+,10+,11+,12-,14-/m1/s1. The molecular formula is C14H20O4. The molecule has 2 heterocycles. The molecule has 0 saturated carbocycles. The summed E-state index contributed by atoms with van der Waals surface area (Å²) in [6.45, 7) is 3.84. The highest BCUT2D eigenvalue weighted by Crippen LogP contribution is 2.49. The van der Waals surface area contributed by atoms with Gasteiger partial charge < -0.3 is 14.6 Å². The van der Waals surface area contributed by atoms with E-state index in [0.717, 1.165) is 12.8 Å². The largest absolute Gasteiger partial charge is 0.459 e. The van der Waals surface area contributed by atoms with Crippen LogP contribution in [0.4, 0.5) is 0 Å². The van der Waals surface area contributed by atoms with Crippen molar-refractivity contribution in [2.24, 2.45) is 11.8 Å². The van der Waals surface area contributed by atoms with Crippen molar-refractivity contribution in [2.75, 3.05) is 0 Å². The van der Waals surface area contributed by atoms with Crippen molar-refractivity contribution in [1.82, 2.24) is 0 Å². The zero-order chi connectivity index (χ0) is 12.9. The summed E-state index contributed by atoms with van der Waals surface area (Å²) in [4.78, 5) is 11.7. The van der Waals surface area contributed by atoms with E-state index in [1.165, 1.54) is 0 Å².